The first-order chi connectivity index (χ1) is 9.72. The Balaban J connectivity index is 1.46. The summed E-state index contributed by atoms with van der Waals surface area (Å²) in [6, 6.07) is 1.87. The maximum Gasteiger partial charge on any atom is 0.252 e. The number of aliphatic hydroxyl groups is 1. The van der Waals surface area contributed by atoms with Gasteiger partial charge in [0.05, 0.1) is 24.9 Å². The van der Waals surface area contributed by atoms with E-state index in [1.807, 2.05) is 12.3 Å². The molecule has 1 unspecified atom stereocenters. The van der Waals surface area contributed by atoms with Gasteiger partial charge in [0.2, 0.25) is 0 Å². The number of hydrogen-bond donors (Lipinski definition) is 2. The number of carbonyl (C=O) groups excluding carboxylic acids is 1. The second kappa shape index (κ2) is 5.97. The Morgan fingerprint density at radius 1 is 1.55 bits per heavy atom. The average molecular weight is 278 g/mol. The summed E-state index contributed by atoms with van der Waals surface area (Å²) in [5, 5.41) is 12.7. The molecule has 2 heterocycles. The molecule has 5 nitrogen and oxygen atoms in total. The van der Waals surface area contributed by atoms with E-state index in [-0.39, 0.29) is 5.91 Å². The fourth-order valence-corrected chi connectivity index (χ4v) is 2.60. The van der Waals surface area contributed by atoms with Crippen LogP contribution in [0.25, 0.3) is 0 Å². The van der Waals surface area contributed by atoms with Gasteiger partial charge in [-0.1, -0.05) is 12.8 Å². The summed E-state index contributed by atoms with van der Waals surface area (Å²) in [7, 11) is 0. The first kappa shape index (κ1) is 13.6. The van der Waals surface area contributed by atoms with Crippen LogP contribution in [-0.4, -0.2) is 34.8 Å². The third-order valence-corrected chi connectivity index (χ3v) is 4.08. The smallest absolute Gasteiger partial charge is 0.252 e. The second-order valence-electron chi connectivity index (χ2n) is 5.85. The van der Waals surface area contributed by atoms with Crippen molar-refractivity contribution in [2.75, 3.05) is 13.2 Å². The van der Waals surface area contributed by atoms with Gasteiger partial charge in [-0.15, -0.1) is 0 Å². The van der Waals surface area contributed by atoms with E-state index >= 15 is 0 Å². The van der Waals surface area contributed by atoms with Gasteiger partial charge in [0.1, 0.15) is 0 Å². The van der Waals surface area contributed by atoms with Gasteiger partial charge in [-0.25, -0.2) is 0 Å². The molecule has 0 aromatic carbocycles. The fraction of sp³-hybridized carbons (Fsp3) is 0.667. The number of ether oxygens (including phenoxy) is 1. The first-order valence-electron chi connectivity index (χ1n) is 7.45. The van der Waals surface area contributed by atoms with Gasteiger partial charge in [0.25, 0.3) is 5.91 Å². The normalized spacial score (nSPS) is 19.4. The number of rotatable bonds is 6. The van der Waals surface area contributed by atoms with E-state index in [4.69, 9.17) is 4.74 Å². The third kappa shape index (κ3) is 3.41. The molecule has 0 saturated heterocycles. The van der Waals surface area contributed by atoms with Gasteiger partial charge in [-0.05, 0) is 24.8 Å². The quantitative estimate of drug-likeness (QED) is 0.824. The highest BCUT2D eigenvalue weighted by Gasteiger charge is 2.22. The van der Waals surface area contributed by atoms with Crippen LogP contribution < -0.4 is 5.32 Å². The zero-order chi connectivity index (χ0) is 13.9. The minimum Gasteiger partial charge on any atom is -0.391 e. The Bertz CT molecular complexity index is 456. The number of carbonyl (C=O) groups is 1. The highest BCUT2D eigenvalue weighted by molar-refractivity contribution is 5.94. The summed E-state index contributed by atoms with van der Waals surface area (Å²) < 4.78 is 7.41. The van der Waals surface area contributed by atoms with Crippen LogP contribution in [0.2, 0.25) is 0 Å². The molecule has 1 aliphatic heterocycles. The van der Waals surface area contributed by atoms with Gasteiger partial charge in [-0.3, -0.25) is 4.79 Å². The van der Waals surface area contributed by atoms with E-state index in [0.29, 0.717) is 25.3 Å². The van der Waals surface area contributed by atoms with E-state index in [0.717, 1.165) is 31.0 Å². The van der Waals surface area contributed by atoms with E-state index in [1.54, 1.807) is 0 Å². The second-order valence-corrected chi connectivity index (χ2v) is 5.85. The zero-order valence-corrected chi connectivity index (χ0v) is 11.7. The lowest BCUT2D eigenvalue weighted by Gasteiger charge is -2.14. The van der Waals surface area contributed by atoms with Gasteiger partial charge < -0.3 is 19.7 Å². The summed E-state index contributed by atoms with van der Waals surface area (Å²) in [4.78, 5) is 12.0. The van der Waals surface area contributed by atoms with Gasteiger partial charge in [-0.2, -0.15) is 0 Å². The number of aliphatic hydroxyl groups excluding tert-OH is 1. The molecule has 1 fully saturated rings. The fourth-order valence-electron chi connectivity index (χ4n) is 2.60. The molecule has 1 atom stereocenters. The zero-order valence-electron chi connectivity index (χ0n) is 11.7. The predicted molar refractivity (Wildman–Crippen MR) is 74.4 cm³/mol. The van der Waals surface area contributed by atoms with Crippen LogP contribution in [0, 0.1) is 5.92 Å². The molecule has 3 rings (SSSR count). The predicted octanol–water partition coefficient (Wildman–Crippen LogP) is 1.30. The number of amides is 1. The van der Waals surface area contributed by atoms with E-state index in [9.17, 15) is 9.90 Å². The largest absolute Gasteiger partial charge is 0.391 e. The maximum atomic E-state index is 12.0. The number of hydrogen-bond acceptors (Lipinski definition) is 3. The summed E-state index contributed by atoms with van der Waals surface area (Å²) in [6.07, 6.45) is 5.90. The minimum absolute atomic E-state index is 0.114. The van der Waals surface area contributed by atoms with Crippen LogP contribution >= 0.6 is 0 Å². The molecule has 0 spiro atoms. The minimum atomic E-state index is -0.430. The van der Waals surface area contributed by atoms with Crippen LogP contribution in [-0.2, 0) is 17.9 Å². The lowest BCUT2D eigenvalue weighted by atomic mass is 10.1. The molecule has 1 aromatic rings. The van der Waals surface area contributed by atoms with Gasteiger partial charge in [0, 0.05) is 25.0 Å². The lowest BCUT2D eigenvalue weighted by molar-refractivity contribution is 0.0850. The molecule has 2 aliphatic rings. The molecular weight excluding hydrogens is 256 g/mol. The molecule has 5 heteroatoms. The molecule has 110 valence electrons. The molecule has 1 aromatic heterocycles. The van der Waals surface area contributed by atoms with E-state index in [2.05, 4.69) is 9.88 Å². The summed E-state index contributed by atoms with van der Waals surface area (Å²) >= 11 is 0. The SMILES string of the molecule is O=C(NCC(O)CCC1CC1)c1cc2n(c1)CCOC2. The van der Waals surface area contributed by atoms with Crippen molar-refractivity contribution in [2.45, 2.75) is 44.9 Å². The van der Waals surface area contributed by atoms with Crippen LogP contribution in [0.15, 0.2) is 12.3 Å². The van der Waals surface area contributed by atoms with Crippen molar-refractivity contribution in [3.8, 4) is 0 Å². The number of nitrogens with zero attached hydrogens (tertiary/aromatic N) is 1. The standard InChI is InChI=1S/C15H22N2O3/c18-14(4-3-11-1-2-11)8-16-15(19)12-7-13-10-20-6-5-17(13)9-12/h7,9,11,14,18H,1-6,8,10H2,(H,16,19). The molecule has 0 radical (unpaired) electrons. The molecule has 1 aliphatic carbocycles. The maximum absolute atomic E-state index is 12.0. The third-order valence-electron chi connectivity index (χ3n) is 4.08. The number of fused-ring (bicyclic) bond motifs is 1. The first-order valence-corrected chi connectivity index (χ1v) is 7.45. The molecule has 2 N–H and O–H groups in total. The van der Waals surface area contributed by atoms with Crippen molar-refractivity contribution >= 4 is 5.91 Å². The van der Waals surface area contributed by atoms with Crippen LogP contribution in [0.4, 0.5) is 0 Å². The molecule has 0 bridgehead atoms. The van der Waals surface area contributed by atoms with Crippen LogP contribution in [0.1, 0.15) is 41.7 Å². The van der Waals surface area contributed by atoms with Crippen molar-refractivity contribution in [1.29, 1.82) is 0 Å². The molecule has 1 amide bonds. The number of nitrogens with one attached hydrogen (secondary N) is 1. The van der Waals surface area contributed by atoms with Crippen LogP contribution in [0.3, 0.4) is 0 Å². The Hall–Kier alpha value is -1.33. The van der Waals surface area contributed by atoms with Crippen molar-refractivity contribution in [3.05, 3.63) is 23.5 Å². The van der Waals surface area contributed by atoms with Crippen molar-refractivity contribution in [3.63, 3.8) is 0 Å². The Kier molecular flexibility index (Phi) is 4.08. The monoisotopic (exact) mass is 278 g/mol. The molecular formula is C15H22N2O3. The van der Waals surface area contributed by atoms with Crippen molar-refractivity contribution in [2.24, 2.45) is 5.92 Å². The summed E-state index contributed by atoms with van der Waals surface area (Å²) in [5.74, 6) is 0.705. The van der Waals surface area contributed by atoms with Crippen molar-refractivity contribution < 1.29 is 14.6 Å². The van der Waals surface area contributed by atoms with Crippen molar-refractivity contribution in [1.82, 2.24) is 9.88 Å². The van der Waals surface area contributed by atoms with E-state index < -0.39 is 6.10 Å². The highest BCUT2D eigenvalue weighted by atomic mass is 16.5. The molecule has 1 saturated carbocycles. The van der Waals surface area contributed by atoms with E-state index in [1.165, 1.54) is 12.8 Å². The number of aromatic nitrogens is 1. The van der Waals surface area contributed by atoms with Gasteiger partial charge in [0.15, 0.2) is 0 Å². The molecule has 20 heavy (non-hydrogen) atoms. The van der Waals surface area contributed by atoms with Crippen LogP contribution in [0.5, 0.6) is 0 Å². The highest BCUT2D eigenvalue weighted by Crippen LogP contribution is 2.33. The average Bonchev–Trinajstić information content (AvgIpc) is 3.19. The summed E-state index contributed by atoms with van der Waals surface area (Å²) in [5.41, 5.74) is 1.69. The Labute approximate surface area is 118 Å². The Morgan fingerprint density at radius 3 is 3.15 bits per heavy atom. The lowest BCUT2D eigenvalue weighted by Crippen LogP contribution is -2.32. The summed E-state index contributed by atoms with van der Waals surface area (Å²) in [6.45, 7) is 2.40. The topological polar surface area (TPSA) is 63.5 Å². The Morgan fingerprint density at radius 2 is 2.40 bits per heavy atom. The van der Waals surface area contributed by atoms with Gasteiger partial charge >= 0.3 is 0 Å².